The molecule has 0 radical (unpaired) electrons. The van der Waals surface area contributed by atoms with E-state index in [9.17, 15) is 18.0 Å². The number of anilines is 1. The zero-order valence-electron chi connectivity index (χ0n) is 15.3. The van der Waals surface area contributed by atoms with E-state index in [2.05, 4.69) is 15.6 Å². The van der Waals surface area contributed by atoms with Gasteiger partial charge in [-0.25, -0.2) is 0 Å². The third kappa shape index (κ3) is 4.00. The number of ether oxygens (including phenoxy) is 1. The van der Waals surface area contributed by atoms with Gasteiger partial charge in [0.15, 0.2) is 5.69 Å². The molecule has 0 bridgehead atoms. The van der Waals surface area contributed by atoms with Gasteiger partial charge in [0.1, 0.15) is 18.1 Å². The molecule has 0 aliphatic carbocycles. The number of carbonyl (C=O) groups is 1. The molecule has 1 N–H and O–H groups in total. The number of hydrogen-bond acceptors (Lipinski definition) is 5. The van der Waals surface area contributed by atoms with Gasteiger partial charge in [-0.1, -0.05) is 11.2 Å². The van der Waals surface area contributed by atoms with E-state index in [0.717, 1.165) is 17.8 Å². The maximum Gasteiger partial charge on any atom is 0.416 e. The fourth-order valence-electron chi connectivity index (χ4n) is 2.46. The smallest absolute Gasteiger partial charge is 0.416 e. The molecule has 0 aliphatic rings. The minimum absolute atomic E-state index is 0.00673. The summed E-state index contributed by atoms with van der Waals surface area (Å²) in [6, 6.07) is 4.49. The number of benzene rings is 1. The van der Waals surface area contributed by atoms with Gasteiger partial charge in [0, 0.05) is 7.05 Å². The molecule has 148 valence electrons. The summed E-state index contributed by atoms with van der Waals surface area (Å²) in [5, 5.41) is 10.5. The van der Waals surface area contributed by atoms with Gasteiger partial charge < -0.3 is 14.6 Å². The maximum absolute atomic E-state index is 12.8. The van der Waals surface area contributed by atoms with Crippen molar-refractivity contribution in [1.82, 2.24) is 14.9 Å². The monoisotopic (exact) mass is 394 g/mol. The molecule has 0 saturated carbocycles. The van der Waals surface area contributed by atoms with E-state index in [4.69, 9.17) is 9.26 Å². The van der Waals surface area contributed by atoms with Crippen molar-refractivity contribution >= 4 is 11.6 Å². The molecule has 3 rings (SSSR count). The van der Waals surface area contributed by atoms with Crippen molar-refractivity contribution in [2.45, 2.75) is 26.6 Å². The molecule has 0 saturated heterocycles. The van der Waals surface area contributed by atoms with Gasteiger partial charge in [-0.3, -0.25) is 9.48 Å². The highest BCUT2D eigenvalue weighted by atomic mass is 19.4. The zero-order chi connectivity index (χ0) is 20.5. The summed E-state index contributed by atoms with van der Waals surface area (Å²) >= 11 is 0. The Labute approximate surface area is 158 Å². The lowest BCUT2D eigenvalue weighted by Gasteiger charge is -2.10. The number of carbonyl (C=O) groups excluding carboxylic acids is 1. The minimum atomic E-state index is -4.47. The largest absolute Gasteiger partial charge is 0.489 e. The van der Waals surface area contributed by atoms with Crippen molar-refractivity contribution in [3.8, 4) is 5.75 Å². The zero-order valence-corrected chi connectivity index (χ0v) is 15.3. The summed E-state index contributed by atoms with van der Waals surface area (Å²) in [6.45, 7) is 3.20. The number of rotatable bonds is 5. The van der Waals surface area contributed by atoms with E-state index in [0.29, 0.717) is 17.0 Å². The number of nitrogens with one attached hydrogen (secondary N) is 1. The first-order valence-electron chi connectivity index (χ1n) is 8.22. The number of alkyl halides is 3. The summed E-state index contributed by atoms with van der Waals surface area (Å²) < 4.78 is 50.6. The van der Waals surface area contributed by atoms with E-state index >= 15 is 0 Å². The van der Waals surface area contributed by atoms with Gasteiger partial charge in [0.25, 0.3) is 5.91 Å². The number of amides is 1. The Hall–Kier alpha value is -3.30. The SMILES string of the molecule is Cc1onc(C(=O)Nc2cnn(C)c2C)c1COc1cccc(C(F)(F)F)c1. The minimum Gasteiger partial charge on any atom is -0.489 e. The molecule has 0 aliphatic heterocycles. The Bertz CT molecular complexity index is 1010. The number of aryl methyl sites for hydroxylation is 2. The first-order chi connectivity index (χ1) is 13.2. The number of halogens is 3. The van der Waals surface area contributed by atoms with E-state index in [1.165, 1.54) is 18.3 Å². The summed E-state index contributed by atoms with van der Waals surface area (Å²) in [5.74, 6) is -0.180. The maximum atomic E-state index is 12.8. The first-order valence-corrected chi connectivity index (χ1v) is 8.22. The molecule has 3 aromatic rings. The van der Waals surface area contributed by atoms with Gasteiger partial charge >= 0.3 is 6.18 Å². The molecule has 0 fully saturated rings. The fraction of sp³-hybridized carbons (Fsp3) is 0.278. The number of nitrogens with zero attached hydrogens (tertiary/aromatic N) is 3. The fourth-order valence-corrected chi connectivity index (χ4v) is 2.46. The predicted molar refractivity (Wildman–Crippen MR) is 92.9 cm³/mol. The van der Waals surface area contributed by atoms with Crippen molar-refractivity contribution in [2.24, 2.45) is 7.05 Å². The van der Waals surface area contributed by atoms with Gasteiger partial charge in [-0.15, -0.1) is 0 Å². The van der Waals surface area contributed by atoms with Crippen LogP contribution in [0.5, 0.6) is 5.75 Å². The molecule has 0 spiro atoms. The third-order valence-corrected chi connectivity index (χ3v) is 4.23. The third-order valence-electron chi connectivity index (χ3n) is 4.23. The van der Waals surface area contributed by atoms with Gasteiger partial charge in [-0.05, 0) is 32.0 Å². The van der Waals surface area contributed by atoms with Crippen molar-refractivity contribution in [2.75, 3.05) is 5.32 Å². The van der Waals surface area contributed by atoms with E-state index in [1.54, 1.807) is 25.6 Å². The number of aromatic nitrogens is 3. The Morgan fingerprint density at radius 2 is 2.07 bits per heavy atom. The highest BCUT2D eigenvalue weighted by Gasteiger charge is 2.30. The quantitative estimate of drug-likeness (QED) is 0.710. The molecule has 2 heterocycles. The molecule has 7 nitrogen and oxygen atoms in total. The molecule has 1 amide bonds. The average molecular weight is 394 g/mol. The van der Waals surface area contributed by atoms with Crippen LogP contribution in [-0.2, 0) is 19.8 Å². The van der Waals surface area contributed by atoms with Crippen LogP contribution in [0.15, 0.2) is 35.0 Å². The standard InChI is InChI=1S/C18H17F3N4O3/c1-10-15(8-22-25(10)3)23-17(26)16-14(11(2)28-24-16)9-27-13-6-4-5-12(7-13)18(19,20)21/h4-8H,9H2,1-3H3,(H,23,26). The van der Waals surface area contributed by atoms with Crippen LogP contribution in [-0.4, -0.2) is 20.8 Å². The van der Waals surface area contributed by atoms with Gasteiger partial charge in [-0.2, -0.15) is 18.3 Å². The van der Waals surface area contributed by atoms with Crippen LogP contribution in [0.4, 0.5) is 18.9 Å². The lowest BCUT2D eigenvalue weighted by Crippen LogP contribution is -2.16. The Balaban J connectivity index is 1.76. The molecule has 2 aromatic heterocycles. The summed E-state index contributed by atoms with van der Waals surface area (Å²) in [5.41, 5.74) is 0.773. The second-order valence-corrected chi connectivity index (χ2v) is 6.10. The Morgan fingerprint density at radius 1 is 1.32 bits per heavy atom. The summed E-state index contributed by atoms with van der Waals surface area (Å²) in [6.07, 6.45) is -2.97. The Morgan fingerprint density at radius 3 is 2.71 bits per heavy atom. The van der Waals surface area contributed by atoms with Crippen molar-refractivity contribution in [1.29, 1.82) is 0 Å². The van der Waals surface area contributed by atoms with Gasteiger partial charge in [0.2, 0.25) is 0 Å². The highest BCUT2D eigenvalue weighted by Crippen LogP contribution is 2.31. The number of hydrogen-bond donors (Lipinski definition) is 1. The van der Waals surface area contributed by atoms with Gasteiger partial charge in [0.05, 0.1) is 28.7 Å². The molecular formula is C18H17F3N4O3. The second-order valence-electron chi connectivity index (χ2n) is 6.10. The highest BCUT2D eigenvalue weighted by molar-refractivity contribution is 6.04. The lowest BCUT2D eigenvalue weighted by atomic mass is 10.2. The second kappa shape index (κ2) is 7.37. The van der Waals surface area contributed by atoms with E-state index in [1.807, 2.05) is 0 Å². The van der Waals surface area contributed by atoms with Crippen LogP contribution in [0.2, 0.25) is 0 Å². The normalized spacial score (nSPS) is 11.5. The topological polar surface area (TPSA) is 82.2 Å². The van der Waals surface area contributed by atoms with E-state index < -0.39 is 17.6 Å². The molecule has 0 unspecified atom stereocenters. The van der Waals surface area contributed by atoms with Crippen LogP contribution < -0.4 is 10.1 Å². The predicted octanol–water partition coefficient (Wildman–Crippen LogP) is 3.88. The van der Waals surface area contributed by atoms with Crippen LogP contribution in [0, 0.1) is 13.8 Å². The van der Waals surface area contributed by atoms with E-state index in [-0.39, 0.29) is 18.1 Å². The van der Waals surface area contributed by atoms with Crippen molar-refractivity contribution < 1.29 is 27.2 Å². The van der Waals surface area contributed by atoms with Crippen molar-refractivity contribution in [3.05, 3.63) is 58.7 Å². The molecule has 28 heavy (non-hydrogen) atoms. The molecule has 0 atom stereocenters. The molecule has 1 aromatic carbocycles. The molecular weight excluding hydrogens is 377 g/mol. The molecule has 10 heteroatoms. The first kappa shape index (κ1) is 19.5. The van der Waals surface area contributed by atoms with Crippen LogP contribution in [0.25, 0.3) is 0 Å². The summed E-state index contributed by atoms with van der Waals surface area (Å²) in [7, 11) is 1.74. The Kier molecular flexibility index (Phi) is 5.12. The van der Waals surface area contributed by atoms with Crippen LogP contribution >= 0.6 is 0 Å². The van der Waals surface area contributed by atoms with Crippen LogP contribution in [0.3, 0.4) is 0 Å². The average Bonchev–Trinajstić information content (AvgIpc) is 3.16. The summed E-state index contributed by atoms with van der Waals surface area (Å²) in [4.78, 5) is 12.5. The lowest BCUT2D eigenvalue weighted by molar-refractivity contribution is -0.137. The van der Waals surface area contributed by atoms with Crippen LogP contribution in [0.1, 0.15) is 33.1 Å². The van der Waals surface area contributed by atoms with Crippen molar-refractivity contribution in [3.63, 3.8) is 0 Å².